The lowest BCUT2D eigenvalue weighted by atomic mass is 9.88. The van der Waals surface area contributed by atoms with Crippen LogP contribution in [0.3, 0.4) is 0 Å². The van der Waals surface area contributed by atoms with Crippen molar-refractivity contribution in [1.82, 2.24) is 4.98 Å². The second kappa shape index (κ2) is 7.10. The smallest absolute Gasteiger partial charge is 0.417 e. The summed E-state index contributed by atoms with van der Waals surface area (Å²) in [4.78, 5) is 20.0. The average molecular weight is 396 g/mol. The Balaban J connectivity index is 1.83. The first-order valence-electron chi connectivity index (χ1n) is 8.21. The Morgan fingerprint density at radius 1 is 1.29 bits per heavy atom. The van der Waals surface area contributed by atoms with Crippen molar-refractivity contribution in [2.75, 3.05) is 11.9 Å². The van der Waals surface area contributed by atoms with E-state index in [1.54, 1.807) is 6.92 Å². The molecule has 1 atom stereocenters. The molecule has 0 saturated carbocycles. The fourth-order valence-corrected chi connectivity index (χ4v) is 2.79. The summed E-state index contributed by atoms with van der Waals surface area (Å²) in [5, 5.41) is 2.49. The molecule has 3 N–H and O–H groups in total. The van der Waals surface area contributed by atoms with E-state index in [2.05, 4.69) is 15.3 Å². The maximum Gasteiger partial charge on any atom is 0.417 e. The highest BCUT2D eigenvalue weighted by Gasteiger charge is 2.33. The number of hydrogen-bond acceptors (Lipinski definition) is 5. The molecule has 1 unspecified atom stereocenters. The Morgan fingerprint density at radius 2 is 2.04 bits per heavy atom. The summed E-state index contributed by atoms with van der Waals surface area (Å²) < 4.78 is 57.2. The topological polar surface area (TPSA) is 89.6 Å². The van der Waals surface area contributed by atoms with E-state index in [4.69, 9.17) is 10.5 Å². The van der Waals surface area contributed by atoms with Gasteiger partial charge in [0.05, 0.1) is 17.7 Å². The molecule has 0 aliphatic carbocycles. The fraction of sp³-hybridized carbons (Fsp3) is 0.278. The minimum absolute atomic E-state index is 0.0588. The lowest BCUT2D eigenvalue weighted by Gasteiger charge is -2.30. The minimum Gasteiger partial charge on any atom is -0.465 e. The standard InChI is InChI=1S/C18H16F4N4O2/c1-17(6-7-28-16(23)26-17)12-8-11(3-4-13(12)19)25-15(27)14-5-2-10(9-24-14)18(20,21)22/h2-5,8-9H,6-7H2,1H3,(H2,23,26)(H,25,27). The van der Waals surface area contributed by atoms with Crippen molar-refractivity contribution >= 4 is 17.6 Å². The zero-order valence-electron chi connectivity index (χ0n) is 14.7. The summed E-state index contributed by atoms with van der Waals surface area (Å²) in [7, 11) is 0. The first-order valence-corrected chi connectivity index (χ1v) is 8.21. The first-order chi connectivity index (χ1) is 13.1. The van der Waals surface area contributed by atoms with Crippen LogP contribution in [0.4, 0.5) is 23.2 Å². The number of benzene rings is 1. The molecular weight excluding hydrogens is 380 g/mol. The Morgan fingerprint density at radius 3 is 2.64 bits per heavy atom. The molecule has 0 fully saturated rings. The van der Waals surface area contributed by atoms with Gasteiger partial charge < -0.3 is 15.8 Å². The summed E-state index contributed by atoms with van der Waals surface area (Å²) in [5.74, 6) is -1.27. The van der Waals surface area contributed by atoms with Gasteiger partial charge in [-0.05, 0) is 37.3 Å². The van der Waals surface area contributed by atoms with Crippen molar-refractivity contribution < 1.29 is 27.1 Å². The number of nitrogens with zero attached hydrogens (tertiary/aromatic N) is 2. The molecule has 2 heterocycles. The van der Waals surface area contributed by atoms with Crippen molar-refractivity contribution in [3.63, 3.8) is 0 Å². The summed E-state index contributed by atoms with van der Waals surface area (Å²) in [6.07, 6.45) is -3.59. The number of aromatic nitrogens is 1. The third-order valence-corrected chi connectivity index (χ3v) is 4.32. The molecule has 0 bridgehead atoms. The monoisotopic (exact) mass is 396 g/mol. The highest BCUT2D eigenvalue weighted by Crippen LogP contribution is 2.35. The number of alkyl halides is 3. The van der Waals surface area contributed by atoms with Gasteiger partial charge >= 0.3 is 6.18 Å². The molecule has 28 heavy (non-hydrogen) atoms. The number of nitrogens with two attached hydrogens (primary N) is 1. The Bertz CT molecular complexity index is 928. The number of carbonyl (C=O) groups excluding carboxylic acids is 1. The van der Waals surface area contributed by atoms with Gasteiger partial charge in [-0.1, -0.05) is 0 Å². The zero-order valence-corrected chi connectivity index (χ0v) is 14.7. The van der Waals surface area contributed by atoms with Crippen LogP contribution < -0.4 is 11.1 Å². The van der Waals surface area contributed by atoms with Crippen LogP contribution in [-0.4, -0.2) is 23.5 Å². The first kappa shape index (κ1) is 19.6. The van der Waals surface area contributed by atoms with Crippen LogP contribution in [0.2, 0.25) is 0 Å². The Kier molecular flexibility index (Phi) is 4.97. The third kappa shape index (κ3) is 4.05. The van der Waals surface area contributed by atoms with E-state index in [0.29, 0.717) is 12.6 Å². The molecule has 6 nitrogen and oxygen atoms in total. The number of ether oxygens (including phenoxy) is 1. The van der Waals surface area contributed by atoms with Gasteiger partial charge in [-0.25, -0.2) is 9.38 Å². The number of rotatable bonds is 3. The summed E-state index contributed by atoms with van der Waals surface area (Å²) >= 11 is 0. The molecule has 3 rings (SSSR count). The van der Waals surface area contributed by atoms with Gasteiger partial charge in [0.25, 0.3) is 11.9 Å². The molecule has 1 aromatic heterocycles. The van der Waals surface area contributed by atoms with Crippen LogP contribution in [0.5, 0.6) is 0 Å². The van der Waals surface area contributed by atoms with Crippen molar-refractivity contribution in [2.45, 2.75) is 25.1 Å². The van der Waals surface area contributed by atoms with Crippen molar-refractivity contribution in [3.8, 4) is 0 Å². The molecule has 1 amide bonds. The third-order valence-electron chi connectivity index (χ3n) is 4.32. The number of carbonyl (C=O) groups is 1. The van der Waals surface area contributed by atoms with E-state index in [0.717, 1.165) is 18.2 Å². The Hall–Kier alpha value is -3.17. The van der Waals surface area contributed by atoms with Gasteiger partial charge in [0.15, 0.2) is 0 Å². The number of nitrogens with one attached hydrogen (secondary N) is 1. The van der Waals surface area contributed by atoms with Crippen molar-refractivity contribution in [3.05, 3.63) is 59.2 Å². The molecule has 10 heteroatoms. The SMILES string of the molecule is CC1(c2cc(NC(=O)c3ccc(C(F)(F)F)cn3)ccc2F)CCOC(N)=N1. The van der Waals surface area contributed by atoms with Crippen LogP contribution in [0.25, 0.3) is 0 Å². The van der Waals surface area contributed by atoms with Gasteiger partial charge in [0.1, 0.15) is 11.5 Å². The Labute approximate surface area is 157 Å². The van der Waals surface area contributed by atoms with Crippen molar-refractivity contribution in [2.24, 2.45) is 10.7 Å². The van der Waals surface area contributed by atoms with Crippen LogP contribution in [0.1, 0.15) is 35.0 Å². The van der Waals surface area contributed by atoms with Gasteiger partial charge in [0.2, 0.25) is 0 Å². The zero-order chi connectivity index (χ0) is 20.5. The highest BCUT2D eigenvalue weighted by molar-refractivity contribution is 6.02. The predicted octanol–water partition coefficient (Wildman–Crippen LogP) is 3.44. The number of aliphatic imine (C=N–C) groups is 1. The molecule has 1 aliphatic heterocycles. The van der Waals surface area contributed by atoms with E-state index in [1.165, 1.54) is 12.1 Å². The van der Waals surface area contributed by atoms with Gasteiger partial charge in [-0.3, -0.25) is 9.78 Å². The normalized spacial score (nSPS) is 19.5. The lowest BCUT2D eigenvalue weighted by Crippen LogP contribution is -2.34. The van der Waals surface area contributed by atoms with Crippen LogP contribution in [0.15, 0.2) is 41.5 Å². The lowest BCUT2D eigenvalue weighted by molar-refractivity contribution is -0.137. The molecule has 0 spiro atoms. The van der Waals surface area contributed by atoms with E-state index in [1.807, 2.05) is 0 Å². The second-order valence-corrected chi connectivity index (χ2v) is 6.40. The van der Waals surface area contributed by atoms with Crippen molar-refractivity contribution in [1.29, 1.82) is 0 Å². The molecule has 148 valence electrons. The van der Waals surface area contributed by atoms with Crippen LogP contribution in [0, 0.1) is 5.82 Å². The molecule has 1 aliphatic rings. The molecular formula is C18H16F4N4O2. The number of hydrogen-bond donors (Lipinski definition) is 2. The predicted molar refractivity (Wildman–Crippen MR) is 93.1 cm³/mol. The summed E-state index contributed by atoms with van der Waals surface area (Å²) in [5.41, 5.74) is 3.88. The second-order valence-electron chi connectivity index (χ2n) is 6.40. The molecule has 0 saturated heterocycles. The summed E-state index contributed by atoms with van der Waals surface area (Å²) in [6.45, 7) is 1.95. The maximum atomic E-state index is 14.4. The summed E-state index contributed by atoms with van der Waals surface area (Å²) in [6, 6.07) is 5.57. The number of halogens is 4. The van der Waals surface area contributed by atoms with Crippen LogP contribution in [-0.2, 0) is 16.5 Å². The number of amidine groups is 1. The van der Waals surface area contributed by atoms with Gasteiger partial charge in [0, 0.05) is 23.9 Å². The molecule has 1 aromatic carbocycles. The quantitative estimate of drug-likeness (QED) is 0.778. The number of anilines is 1. The van der Waals surface area contributed by atoms with Crippen LogP contribution >= 0.6 is 0 Å². The molecule has 0 radical (unpaired) electrons. The largest absolute Gasteiger partial charge is 0.465 e. The number of pyridine rings is 1. The fourth-order valence-electron chi connectivity index (χ4n) is 2.79. The van der Waals surface area contributed by atoms with E-state index < -0.39 is 29.0 Å². The highest BCUT2D eigenvalue weighted by atomic mass is 19.4. The number of amides is 1. The van der Waals surface area contributed by atoms with E-state index >= 15 is 0 Å². The van der Waals surface area contributed by atoms with Gasteiger partial charge in [-0.15, -0.1) is 0 Å². The molecule has 2 aromatic rings. The average Bonchev–Trinajstić information content (AvgIpc) is 2.62. The van der Waals surface area contributed by atoms with Gasteiger partial charge in [-0.2, -0.15) is 13.2 Å². The van der Waals surface area contributed by atoms with E-state index in [9.17, 15) is 22.4 Å². The maximum absolute atomic E-state index is 14.4. The van der Waals surface area contributed by atoms with E-state index in [-0.39, 0.29) is 29.6 Å². The minimum atomic E-state index is -4.55.